The Bertz CT molecular complexity index is 436. The molecule has 0 aromatic heterocycles. The Balaban J connectivity index is 1.55. The first-order chi connectivity index (χ1) is 10.6. The average Bonchev–Trinajstić information content (AvgIpc) is 3.03. The summed E-state index contributed by atoms with van der Waals surface area (Å²) in [6.45, 7) is 6.14. The summed E-state index contributed by atoms with van der Waals surface area (Å²) in [7, 11) is 0. The van der Waals surface area contributed by atoms with Gasteiger partial charge in [0.15, 0.2) is 0 Å². The van der Waals surface area contributed by atoms with Gasteiger partial charge in [0.05, 0.1) is 6.54 Å². The van der Waals surface area contributed by atoms with Crippen molar-refractivity contribution in [1.82, 2.24) is 15.1 Å². The van der Waals surface area contributed by atoms with Crippen LogP contribution in [-0.2, 0) is 9.59 Å². The van der Waals surface area contributed by atoms with Crippen molar-refractivity contribution in [3.05, 3.63) is 0 Å². The van der Waals surface area contributed by atoms with Gasteiger partial charge in [-0.3, -0.25) is 14.5 Å². The molecule has 5 nitrogen and oxygen atoms in total. The molecule has 2 heterocycles. The van der Waals surface area contributed by atoms with Crippen molar-refractivity contribution < 1.29 is 9.59 Å². The number of carbonyl (C=O) groups excluding carboxylic acids is 2. The molecule has 1 aliphatic carbocycles. The van der Waals surface area contributed by atoms with E-state index in [2.05, 4.69) is 17.1 Å². The van der Waals surface area contributed by atoms with Gasteiger partial charge in [0.2, 0.25) is 11.8 Å². The second-order valence-electron chi connectivity index (χ2n) is 7.30. The minimum Gasteiger partial charge on any atom is -0.352 e. The van der Waals surface area contributed by atoms with E-state index in [-0.39, 0.29) is 11.8 Å². The molecule has 0 spiro atoms. The van der Waals surface area contributed by atoms with Crippen LogP contribution < -0.4 is 5.32 Å². The number of nitrogens with zero attached hydrogens (tertiary/aromatic N) is 2. The molecule has 0 aromatic carbocycles. The van der Waals surface area contributed by atoms with Gasteiger partial charge in [0.1, 0.15) is 0 Å². The summed E-state index contributed by atoms with van der Waals surface area (Å²) in [6, 6.07) is 0.996. The van der Waals surface area contributed by atoms with Gasteiger partial charge in [-0.2, -0.15) is 0 Å². The molecule has 2 amide bonds. The van der Waals surface area contributed by atoms with Gasteiger partial charge in [-0.15, -0.1) is 0 Å². The fraction of sp³-hybridized carbons (Fsp3) is 0.882. The molecule has 0 unspecified atom stereocenters. The number of carbonyl (C=O) groups is 2. The maximum absolute atomic E-state index is 12.3. The smallest absolute Gasteiger partial charge is 0.234 e. The van der Waals surface area contributed by atoms with Crippen LogP contribution in [0.15, 0.2) is 0 Å². The minimum absolute atomic E-state index is 0.152. The van der Waals surface area contributed by atoms with Crippen molar-refractivity contribution in [2.45, 2.75) is 70.5 Å². The lowest BCUT2D eigenvalue weighted by molar-refractivity contribution is -0.130. The highest BCUT2D eigenvalue weighted by molar-refractivity contribution is 5.78. The Morgan fingerprint density at radius 1 is 1.09 bits per heavy atom. The first kappa shape index (κ1) is 15.8. The highest BCUT2D eigenvalue weighted by Crippen LogP contribution is 2.32. The molecule has 2 saturated heterocycles. The number of hydrogen-bond acceptors (Lipinski definition) is 3. The lowest BCUT2D eigenvalue weighted by Crippen LogP contribution is -2.50. The van der Waals surface area contributed by atoms with Crippen LogP contribution in [0.4, 0.5) is 0 Å². The van der Waals surface area contributed by atoms with E-state index in [9.17, 15) is 9.59 Å². The van der Waals surface area contributed by atoms with Crippen LogP contribution in [0.5, 0.6) is 0 Å². The van der Waals surface area contributed by atoms with Crippen LogP contribution in [0.25, 0.3) is 0 Å². The molecule has 0 radical (unpaired) electrons. The Morgan fingerprint density at radius 2 is 1.77 bits per heavy atom. The van der Waals surface area contributed by atoms with E-state index in [0.717, 1.165) is 38.8 Å². The summed E-state index contributed by atoms with van der Waals surface area (Å²) in [6.07, 6.45) is 6.94. The van der Waals surface area contributed by atoms with Crippen LogP contribution in [-0.4, -0.2) is 59.4 Å². The number of likely N-dealkylation sites (tertiary alicyclic amines) is 2. The molecule has 2 aliphatic heterocycles. The molecule has 0 bridgehead atoms. The molecule has 3 rings (SSSR count). The lowest BCUT2D eigenvalue weighted by atomic mass is 10.0. The van der Waals surface area contributed by atoms with E-state index < -0.39 is 0 Å². The fourth-order valence-corrected chi connectivity index (χ4v) is 4.27. The van der Waals surface area contributed by atoms with E-state index in [0.29, 0.717) is 30.6 Å². The maximum Gasteiger partial charge on any atom is 0.234 e. The maximum atomic E-state index is 12.3. The second kappa shape index (κ2) is 6.57. The third-order valence-corrected chi connectivity index (χ3v) is 5.63. The van der Waals surface area contributed by atoms with Crippen molar-refractivity contribution in [1.29, 1.82) is 0 Å². The summed E-state index contributed by atoms with van der Waals surface area (Å²) < 4.78 is 0. The first-order valence-electron chi connectivity index (χ1n) is 8.87. The van der Waals surface area contributed by atoms with Gasteiger partial charge < -0.3 is 10.2 Å². The monoisotopic (exact) mass is 307 g/mol. The van der Waals surface area contributed by atoms with E-state index >= 15 is 0 Å². The van der Waals surface area contributed by atoms with Crippen LogP contribution in [0.2, 0.25) is 0 Å². The van der Waals surface area contributed by atoms with E-state index in [1.54, 1.807) is 6.92 Å². The Morgan fingerprint density at radius 3 is 2.45 bits per heavy atom. The predicted octanol–water partition coefficient (Wildman–Crippen LogP) is 1.38. The number of rotatable bonds is 5. The van der Waals surface area contributed by atoms with Crippen molar-refractivity contribution in [2.75, 3.05) is 19.6 Å². The van der Waals surface area contributed by atoms with E-state index in [1.807, 2.05) is 4.90 Å². The number of amides is 2. The lowest BCUT2D eigenvalue weighted by Gasteiger charge is -2.34. The molecule has 22 heavy (non-hydrogen) atoms. The van der Waals surface area contributed by atoms with Gasteiger partial charge in [-0.25, -0.2) is 0 Å². The van der Waals surface area contributed by atoms with Crippen LogP contribution >= 0.6 is 0 Å². The molecule has 1 saturated carbocycles. The Kier molecular flexibility index (Phi) is 4.71. The predicted molar refractivity (Wildman–Crippen MR) is 85.3 cm³/mol. The summed E-state index contributed by atoms with van der Waals surface area (Å²) >= 11 is 0. The summed E-state index contributed by atoms with van der Waals surface area (Å²) in [5.74, 6) is 1.03. The Hall–Kier alpha value is -1.10. The molecule has 1 N–H and O–H groups in total. The van der Waals surface area contributed by atoms with Crippen LogP contribution in [0.1, 0.15) is 52.4 Å². The fourth-order valence-electron chi connectivity index (χ4n) is 4.27. The van der Waals surface area contributed by atoms with Crippen LogP contribution in [0, 0.1) is 5.92 Å². The third kappa shape index (κ3) is 3.45. The normalized spacial score (nSPS) is 30.5. The molecule has 3 atom stereocenters. The van der Waals surface area contributed by atoms with E-state index in [4.69, 9.17) is 0 Å². The van der Waals surface area contributed by atoms with Crippen molar-refractivity contribution in [2.24, 2.45) is 5.92 Å². The van der Waals surface area contributed by atoms with Gasteiger partial charge in [-0.05, 0) is 57.9 Å². The largest absolute Gasteiger partial charge is 0.352 e. The number of nitrogens with one attached hydrogen (secondary N) is 1. The second-order valence-corrected chi connectivity index (χ2v) is 7.30. The van der Waals surface area contributed by atoms with Gasteiger partial charge >= 0.3 is 0 Å². The first-order valence-corrected chi connectivity index (χ1v) is 8.87. The standard InChI is InChI=1S/C17H29N3O2/c1-12(14-7-8-14)18-17(22)11-19-9-3-5-15(19)16-6-4-10-20(16)13(2)21/h12,14-16H,3-11H2,1-2H3,(H,18,22)/t12-,15+,16-/m1/s1. The quantitative estimate of drug-likeness (QED) is 0.835. The van der Waals surface area contributed by atoms with E-state index in [1.165, 1.54) is 12.8 Å². The molecular weight excluding hydrogens is 278 g/mol. The molecule has 3 aliphatic rings. The molecule has 0 aromatic rings. The molecular formula is C17H29N3O2. The summed E-state index contributed by atoms with van der Waals surface area (Å²) in [5, 5.41) is 3.15. The molecule has 3 fully saturated rings. The topological polar surface area (TPSA) is 52.7 Å². The van der Waals surface area contributed by atoms with Crippen molar-refractivity contribution >= 4 is 11.8 Å². The van der Waals surface area contributed by atoms with Crippen molar-refractivity contribution in [3.63, 3.8) is 0 Å². The highest BCUT2D eigenvalue weighted by atomic mass is 16.2. The molecule has 5 heteroatoms. The average molecular weight is 307 g/mol. The Labute approximate surface area is 133 Å². The summed E-state index contributed by atoms with van der Waals surface area (Å²) in [5.41, 5.74) is 0. The molecule has 124 valence electrons. The third-order valence-electron chi connectivity index (χ3n) is 5.63. The zero-order valence-corrected chi connectivity index (χ0v) is 13.9. The highest BCUT2D eigenvalue weighted by Gasteiger charge is 2.39. The van der Waals surface area contributed by atoms with Gasteiger partial charge in [0, 0.05) is 31.6 Å². The zero-order valence-electron chi connectivity index (χ0n) is 13.9. The summed E-state index contributed by atoms with van der Waals surface area (Å²) in [4.78, 5) is 28.4. The van der Waals surface area contributed by atoms with Crippen LogP contribution in [0.3, 0.4) is 0 Å². The van der Waals surface area contributed by atoms with Gasteiger partial charge in [-0.1, -0.05) is 0 Å². The van der Waals surface area contributed by atoms with Gasteiger partial charge in [0.25, 0.3) is 0 Å². The zero-order chi connectivity index (χ0) is 15.7. The minimum atomic E-state index is 0.152. The van der Waals surface area contributed by atoms with Crippen molar-refractivity contribution in [3.8, 4) is 0 Å². The number of hydrogen-bond donors (Lipinski definition) is 1. The SMILES string of the molecule is CC(=O)N1CCC[C@@H]1[C@@H]1CCCN1CC(=O)N[C@H](C)C1CC1.